The molecule has 1 saturated heterocycles. The zero-order valence-corrected chi connectivity index (χ0v) is 13.3. The van der Waals surface area contributed by atoms with Crippen LogP contribution in [0.4, 0.5) is 11.4 Å². The van der Waals surface area contributed by atoms with E-state index in [0.717, 1.165) is 18.5 Å². The molecule has 8 heteroatoms. The Morgan fingerprint density at radius 3 is 2.67 bits per heavy atom. The van der Waals surface area contributed by atoms with Crippen molar-refractivity contribution in [3.8, 4) is 0 Å². The minimum absolute atomic E-state index is 0.00673. The second-order valence-electron chi connectivity index (χ2n) is 5.82. The van der Waals surface area contributed by atoms with Crippen LogP contribution in [0.25, 0.3) is 0 Å². The highest BCUT2D eigenvalue weighted by molar-refractivity contribution is 5.78. The van der Waals surface area contributed by atoms with Crippen molar-refractivity contribution in [2.75, 3.05) is 18.4 Å². The number of anilines is 1. The lowest BCUT2D eigenvalue weighted by Crippen LogP contribution is -2.36. The molecule has 1 fully saturated rings. The molecule has 0 spiro atoms. The molecule has 0 aliphatic carbocycles. The molecule has 1 heterocycles. The van der Waals surface area contributed by atoms with Gasteiger partial charge in [-0.1, -0.05) is 0 Å². The van der Waals surface area contributed by atoms with Crippen molar-refractivity contribution in [2.24, 2.45) is 0 Å². The van der Waals surface area contributed by atoms with Crippen molar-refractivity contribution >= 4 is 23.3 Å². The van der Waals surface area contributed by atoms with Crippen LogP contribution >= 0.6 is 0 Å². The fourth-order valence-corrected chi connectivity index (χ4v) is 2.89. The number of nitrogens with zero attached hydrogens (tertiary/aromatic N) is 2. The number of benzene rings is 1. The highest BCUT2D eigenvalue weighted by atomic mass is 16.6. The van der Waals surface area contributed by atoms with Crippen molar-refractivity contribution in [3.05, 3.63) is 34.4 Å². The van der Waals surface area contributed by atoms with E-state index >= 15 is 0 Å². The van der Waals surface area contributed by atoms with Gasteiger partial charge in [-0.15, -0.1) is 0 Å². The standard InChI is InChI=1S/C16H21N3O5/c20-15(18-10-2-3-14(18)11-16(21)22)4-1-9-17-12-5-7-13(8-6-12)19(23)24/h5-8,14,17H,1-4,9-11H2,(H,21,22). The first kappa shape index (κ1) is 17.7. The highest BCUT2D eigenvalue weighted by Gasteiger charge is 2.29. The highest BCUT2D eigenvalue weighted by Crippen LogP contribution is 2.21. The molecule has 1 aromatic rings. The molecule has 2 rings (SSSR count). The Balaban J connectivity index is 1.72. The van der Waals surface area contributed by atoms with Crippen LogP contribution in [0, 0.1) is 10.1 Å². The topological polar surface area (TPSA) is 113 Å². The van der Waals surface area contributed by atoms with Gasteiger partial charge in [-0.25, -0.2) is 0 Å². The first-order chi connectivity index (χ1) is 11.5. The number of aliphatic carboxylic acids is 1. The van der Waals surface area contributed by atoms with Crippen LogP contribution < -0.4 is 5.32 Å². The van der Waals surface area contributed by atoms with Gasteiger partial charge >= 0.3 is 5.97 Å². The van der Waals surface area contributed by atoms with E-state index in [4.69, 9.17) is 5.11 Å². The molecule has 1 atom stereocenters. The third-order valence-corrected chi connectivity index (χ3v) is 4.08. The van der Waals surface area contributed by atoms with Gasteiger partial charge in [0, 0.05) is 43.4 Å². The molecule has 1 amide bonds. The van der Waals surface area contributed by atoms with Gasteiger partial charge in [-0.3, -0.25) is 19.7 Å². The maximum atomic E-state index is 12.2. The van der Waals surface area contributed by atoms with Crippen molar-refractivity contribution in [1.29, 1.82) is 0 Å². The largest absolute Gasteiger partial charge is 0.481 e. The van der Waals surface area contributed by atoms with Gasteiger partial charge < -0.3 is 15.3 Å². The van der Waals surface area contributed by atoms with E-state index in [-0.39, 0.29) is 24.1 Å². The third-order valence-electron chi connectivity index (χ3n) is 4.08. The number of nitro benzene ring substituents is 1. The first-order valence-corrected chi connectivity index (χ1v) is 7.97. The number of nitro groups is 1. The van der Waals surface area contributed by atoms with E-state index in [2.05, 4.69) is 5.32 Å². The summed E-state index contributed by atoms with van der Waals surface area (Å²) < 4.78 is 0. The number of hydrogen-bond donors (Lipinski definition) is 2. The number of carbonyl (C=O) groups is 2. The fraction of sp³-hybridized carbons (Fsp3) is 0.500. The quantitative estimate of drug-likeness (QED) is 0.428. The lowest BCUT2D eigenvalue weighted by Gasteiger charge is -2.23. The Morgan fingerprint density at radius 2 is 2.04 bits per heavy atom. The molecule has 1 aliphatic rings. The average molecular weight is 335 g/mol. The molecule has 8 nitrogen and oxygen atoms in total. The molecule has 2 N–H and O–H groups in total. The predicted octanol–water partition coefficient (Wildman–Crippen LogP) is 2.25. The normalized spacial score (nSPS) is 16.8. The third kappa shape index (κ3) is 4.94. The van der Waals surface area contributed by atoms with E-state index < -0.39 is 10.9 Å². The van der Waals surface area contributed by atoms with Crippen molar-refractivity contribution in [2.45, 2.75) is 38.1 Å². The molecular formula is C16H21N3O5. The summed E-state index contributed by atoms with van der Waals surface area (Å²) in [6.45, 7) is 1.20. The van der Waals surface area contributed by atoms with Gasteiger partial charge in [0.15, 0.2) is 0 Å². The lowest BCUT2D eigenvalue weighted by atomic mass is 10.1. The van der Waals surface area contributed by atoms with Crippen molar-refractivity contribution < 1.29 is 19.6 Å². The summed E-state index contributed by atoms with van der Waals surface area (Å²) in [6.07, 6.45) is 2.58. The molecule has 1 aromatic carbocycles. The number of carboxylic acids is 1. The minimum Gasteiger partial charge on any atom is -0.481 e. The Morgan fingerprint density at radius 1 is 1.33 bits per heavy atom. The van der Waals surface area contributed by atoms with E-state index in [0.29, 0.717) is 25.9 Å². The number of hydrogen-bond acceptors (Lipinski definition) is 5. The van der Waals surface area contributed by atoms with E-state index in [9.17, 15) is 19.7 Å². The monoisotopic (exact) mass is 335 g/mol. The SMILES string of the molecule is O=C(O)CC1CCCN1C(=O)CCCNc1ccc([N+](=O)[O-])cc1. The summed E-state index contributed by atoms with van der Waals surface area (Å²) >= 11 is 0. The number of carbonyl (C=O) groups excluding carboxylic acids is 1. The Bertz CT molecular complexity index is 602. The van der Waals surface area contributed by atoms with Crippen LogP contribution in [-0.4, -0.2) is 45.9 Å². The summed E-state index contributed by atoms with van der Waals surface area (Å²) in [4.78, 5) is 34.8. The smallest absolute Gasteiger partial charge is 0.305 e. The lowest BCUT2D eigenvalue weighted by molar-refractivity contribution is -0.384. The van der Waals surface area contributed by atoms with Gasteiger partial charge in [0.1, 0.15) is 0 Å². The fourth-order valence-electron chi connectivity index (χ4n) is 2.89. The minimum atomic E-state index is -0.875. The van der Waals surface area contributed by atoms with Crippen LogP contribution in [0.3, 0.4) is 0 Å². The predicted molar refractivity (Wildman–Crippen MR) is 87.8 cm³/mol. The van der Waals surface area contributed by atoms with Gasteiger partial charge in [0.05, 0.1) is 11.3 Å². The number of rotatable bonds is 8. The molecule has 24 heavy (non-hydrogen) atoms. The number of non-ortho nitro benzene ring substituents is 1. The number of nitrogens with one attached hydrogen (secondary N) is 1. The van der Waals surface area contributed by atoms with E-state index in [1.807, 2.05) is 0 Å². The summed E-state index contributed by atoms with van der Waals surface area (Å²) in [5.41, 5.74) is 0.798. The Labute approximate surface area is 139 Å². The second-order valence-corrected chi connectivity index (χ2v) is 5.82. The molecule has 0 saturated carbocycles. The van der Waals surface area contributed by atoms with Crippen LogP contribution in [-0.2, 0) is 9.59 Å². The van der Waals surface area contributed by atoms with Crippen LogP contribution in [0.15, 0.2) is 24.3 Å². The molecule has 0 radical (unpaired) electrons. The summed E-state index contributed by atoms with van der Waals surface area (Å²) in [6, 6.07) is 5.92. The summed E-state index contributed by atoms with van der Waals surface area (Å²) in [7, 11) is 0. The Hall–Kier alpha value is -2.64. The molecule has 0 bridgehead atoms. The first-order valence-electron chi connectivity index (χ1n) is 7.97. The summed E-state index contributed by atoms with van der Waals surface area (Å²) in [5, 5.41) is 22.6. The molecule has 1 aliphatic heterocycles. The number of carboxylic acid groups (broad SMARTS) is 1. The summed E-state index contributed by atoms with van der Waals surface area (Å²) in [5.74, 6) is -0.885. The zero-order valence-electron chi connectivity index (χ0n) is 13.3. The van der Waals surface area contributed by atoms with E-state index in [1.54, 1.807) is 17.0 Å². The second kappa shape index (κ2) is 8.28. The van der Waals surface area contributed by atoms with Crippen molar-refractivity contribution in [1.82, 2.24) is 4.90 Å². The van der Waals surface area contributed by atoms with Crippen molar-refractivity contribution in [3.63, 3.8) is 0 Å². The Kier molecular flexibility index (Phi) is 6.11. The van der Waals surface area contributed by atoms with Gasteiger partial charge in [0.2, 0.25) is 5.91 Å². The average Bonchev–Trinajstić information content (AvgIpc) is 2.99. The zero-order chi connectivity index (χ0) is 17.5. The molecule has 130 valence electrons. The van der Waals surface area contributed by atoms with Crippen LogP contribution in [0.5, 0.6) is 0 Å². The van der Waals surface area contributed by atoms with Gasteiger partial charge in [-0.2, -0.15) is 0 Å². The molecular weight excluding hydrogens is 314 g/mol. The molecule has 0 aromatic heterocycles. The maximum Gasteiger partial charge on any atom is 0.305 e. The van der Waals surface area contributed by atoms with E-state index in [1.165, 1.54) is 12.1 Å². The molecule has 1 unspecified atom stereocenters. The maximum absolute atomic E-state index is 12.2. The number of likely N-dealkylation sites (tertiary alicyclic amines) is 1. The van der Waals surface area contributed by atoms with Crippen LogP contribution in [0.2, 0.25) is 0 Å². The van der Waals surface area contributed by atoms with Crippen LogP contribution in [0.1, 0.15) is 32.1 Å². The van der Waals surface area contributed by atoms with Gasteiger partial charge in [0.25, 0.3) is 5.69 Å². The van der Waals surface area contributed by atoms with Gasteiger partial charge in [-0.05, 0) is 31.4 Å². The number of amides is 1.